The molecule has 9 nitrogen and oxygen atoms in total. The number of halogens is 3. The zero-order chi connectivity index (χ0) is 25.2. The predicted molar refractivity (Wildman–Crippen MR) is 122 cm³/mol. The van der Waals surface area contributed by atoms with Crippen molar-refractivity contribution in [2.24, 2.45) is 7.05 Å². The SMILES string of the molecule is CC(NC(=O)c1ncnc2c1cnn2C)c1ncc(C(=O)NCCc2ccccc2C(F)(F)F)s1. The van der Waals surface area contributed by atoms with E-state index >= 15 is 0 Å². The molecule has 1 aromatic carbocycles. The van der Waals surface area contributed by atoms with Crippen molar-refractivity contribution >= 4 is 34.2 Å². The molecule has 0 aliphatic rings. The van der Waals surface area contributed by atoms with Crippen LogP contribution in [-0.4, -0.2) is 43.1 Å². The summed E-state index contributed by atoms with van der Waals surface area (Å²) in [5.74, 6) is -0.896. The van der Waals surface area contributed by atoms with Crippen LogP contribution in [0.3, 0.4) is 0 Å². The zero-order valence-corrected chi connectivity index (χ0v) is 19.4. The van der Waals surface area contributed by atoms with E-state index in [0.29, 0.717) is 16.0 Å². The van der Waals surface area contributed by atoms with Gasteiger partial charge in [-0.05, 0) is 25.0 Å². The molecule has 0 saturated heterocycles. The van der Waals surface area contributed by atoms with Gasteiger partial charge in [-0.2, -0.15) is 18.3 Å². The molecule has 0 saturated carbocycles. The number of aromatic nitrogens is 5. The highest BCUT2D eigenvalue weighted by molar-refractivity contribution is 7.13. The Kier molecular flexibility index (Phi) is 6.78. The van der Waals surface area contributed by atoms with Crippen LogP contribution in [0.25, 0.3) is 11.0 Å². The van der Waals surface area contributed by atoms with Crippen LogP contribution in [0.1, 0.15) is 49.3 Å². The maximum Gasteiger partial charge on any atom is 0.416 e. The summed E-state index contributed by atoms with van der Waals surface area (Å²) in [7, 11) is 1.71. The summed E-state index contributed by atoms with van der Waals surface area (Å²) in [5, 5.41) is 10.5. The molecule has 0 aliphatic heterocycles. The van der Waals surface area contributed by atoms with Crippen LogP contribution in [0.5, 0.6) is 0 Å². The maximum absolute atomic E-state index is 13.1. The van der Waals surface area contributed by atoms with E-state index in [0.717, 1.165) is 17.4 Å². The summed E-state index contributed by atoms with van der Waals surface area (Å²) >= 11 is 1.08. The second kappa shape index (κ2) is 9.78. The van der Waals surface area contributed by atoms with Crippen molar-refractivity contribution in [1.82, 2.24) is 35.4 Å². The molecule has 3 aromatic heterocycles. The number of hydrogen-bond donors (Lipinski definition) is 2. The number of thiazole rings is 1. The van der Waals surface area contributed by atoms with Gasteiger partial charge >= 0.3 is 6.18 Å². The molecule has 2 N–H and O–H groups in total. The second-order valence-electron chi connectivity index (χ2n) is 7.65. The average Bonchev–Trinajstić information content (AvgIpc) is 3.46. The van der Waals surface area contributed by atoms with Gasteiger partial charge in [0.15, 0.2) is 5.65 Å². The van der Waals surface area contributed by atoms with Crippen molar-refractivity contribution in [3.63, 3.8) is 0 Å². The Hall–Kier alpha value is -3.87. The number of benzene rings is 1. The van der Waals surface area contributed by atoms with E-state index in [1.54, 1.807) is 14.0 Å². The lowest BCUT2D eigenvalue weighted by atomic mass is 10.0. The summed E-state index contributed by atoms with van der Waals surface area (Å²) in [4.78, 5) is 37.9. The van der Waals surface area contributed by atoms with Crippen LogP contribution < -0.4 is 10.6 Å². The summed E-state index contributed by atoms with van der Waals surface area (Å²) in [6.07, 6.45) is -0.272. The lowest BCUT2D eigenvalue weighted by Crippen LogP contribution is -2.27. The third-order valence-electron chi connectivity index (χ3n) is 5.21. The summed E-state index contributed by atoms with van der Waals surface area (Å²) < 4.78 is 40.9. The van der Waals surface area contributed by atoms with Crippen molar-refractivity contribution < 1.29 is 22.8 Å². The van der Waals surface area contributed by atoms with Gasteiger partial charge in [-0.1, -0.05) is 18.2 Å². The van der Waals surface area contributed by atoms with Crippen LogP contribution in [0, 0.1) is 0 Å². The molecule has 1 unspecified atom stereocenters. The molecule has 13 heteroatoms. The first kappa shape index (κ1) is 24.3. The number of carbonyl (C=O) groups is 2. The van der Waals surface area contributed by atoms with E-state index < -0.39 is 29.6 Å². The maximum atomic E-state index is 13.1. The molecule has 1 atom stereocenters. The molecule has 0 aliphatic carbocycles. The van der Waals surface area contributed by atoms with Crippen molar-refractivity contribution in [2.75, 3.05) is 6.54 Å². The fourth-order valence-electron chi connectivity index (χ4n) is 3.48. The number of nitrogens with one attached hydrogen (secondary N) is 2. The molecule has 4 rings (SSSR count). The average molecular weight is 504 g/mol. The molecule has 0 fully saturated rings. The molecular formula is C22H20F3N7O2S. The molecule has 3 heterocycles. The fraction of sp³-hybridized carbons (Fsp3) is 0.273. The first-order chi connectivity index (χ1) is 16.6. The number of fused-ring (bicyclic) bond motifs is 1. The fourth-order valence-corrected chi connectivity index (χ4v) is 4.31. The number of aryl methyl sites for hydroxylation is 1. The minimum atomic E-state index is -4.46. The topological polar surface area (TPSA) is 115 Å². The zero-order valence-electron chi connectivity index (χ0n) is 18.6. The standard InChI is InChI=1S/C22H20F3N7O2S/c1-12(31-20(34)17-14-9-30-32(2)18(14)29-11-28-17)21-27-10-16(35-21)19(33)26-8-7-13-5-3-4-6-15(13)22(23,24)25/h3-6,9-12H,7-8H2,1-2H3,(H,26,33)(H,31,34). The Morgan fingerprint density at radius 2 is 1.89 bits per heavy atom. The molecule has 182 valence electrons. The van der Waals surface area contributed by atoms with Crippen molar-refractivity contribution in [1.29, 1.82) is 0 Å². The number of carbonyl (C=O) groups excluding carboxylic acids is 2. The third kappa shape index (κ3) is 5.29. The van der Waals surface area contributed by atoms with E-state index in [9.17, 15) is 22.8 Å². The van der Waals surface area contributed by atoms with E-state index in [1.807, 2.05) is 0 Å². The smallest absolute Gasteiger partial charge is 0.351 e. The molecule has 0 spiro atoms. The molecule has 35 heavy (non-hydrogen) atoms. The largest absolute Gasteiger partial charge is 0.416 e. The van der Waals surface area contributed by atoms with Crippen LogP contribution in [0.2, 0.25) is 0 Å². The number of rotatable bonds is 7. The molecule has 0 radical (unpaired) electrons. The normalized spacial score (nSPS) is 12.5. The minimum Gasteiger partial charge on any atom is -0.351 e. The van der Waals surface area contributed by atoms with Crippen LogP contribution in [0.15, 0.2) is 43.0 Å². The monoisotopic (exact) mass is 503 g/mol. The lowest BCUT2D eigenvalue weighted by molar-refractivity contribution is -0.138. The van der Waals surface area contributed by atoms with Crippen LogP contribution in [-0.2, 0) is 19.6 Å². The Bertz CT molecular complexity index is 1380. The summed E-state index contributed by atoms with van der Waals surface area (Å²) in [6.45, 7) is 1.74. The summed E-state index contributed by atoms with van der Waals surface area (Å²) in [6, 6.07) is 4.74. The highest BCUT2D eigenvalue weighted by atomic mass is 32.1. The number of hydrogen-bond acceptors (Lipinski definition) is 7. The van der Waals surface area contributed by atoms with Gasteiger partial charge in [0.1, 0.15) is 21.9 Å². The quantitative estimate of drug-likeness (QED) is 0.400. The molecule has 4 aromatic rings. The van der Waals surface area contributed by atoms with Crippen molar-refractivity contribution in [3.05, 3.63) is 69.7 Å². The number of amides is 2. The van der Waals surface area contributed by atoms with Gasteiger partial charge in [0.25, 0.3) is 11.8 Å². The second-order valence-corrected chi connectivity index (χ2v) is 8.71. The Labute approximate surface area is 201 Å². The molecule has 2 amide bonds. The highest BCUT2D eigenvalue weighted by Crippen LogP contribution is 2.32. The predicted octanol–water partition coefficient (Wildman–Crippen LogP) is 3.30. The highest BCUT2D eigenvalue weighted by Gasteiger charge is 2.32. The minimum absolute atomic E-state index is 0.0280. The van der Waals surface area contributed by atoms with E-state index in [-0.39, 0.29) is 29.1 Å². The van der Waals surface area contributed by atoms with Crippen molar-refractivity contribution in [2.45, 2.75) is 25.6 Å². The molecule has 0 bridgehead atoms. The number of alkyl halides is 3. The Morgan fingerprint density at radius 3 is 2.66 bits per heavy atom. The van der Waals surface area contributed by atoms with Gasteiger partial charge in [-0.25, -0.2) is 15.0 Å². The van der Waals surface area contributed by atoms with Gasteiger partial charge in [0, 0.05) is 13.6 Å². The van der Waals surface area contributed by atoms with E-state index in [4.69, 9.17) is 0 Å². The van der Waals surface area contributed by atoms with Gasteiger partial charge in [0.05, 0.1) is 29.4 Å². The lowest BCUT2D eigenvalue weighted by Gasteiger charge is -2.12. The Morgan fingerprint density at radius 1 is 1.11 bits per heavy atom. The van der Waals surface area contributed by atoms with Crippen LogP contribution >= 0.6 is 11.3 Å². The van der Waals surface area contributed by atoms with Crippen molar-refractivity contribution in [3.8, 4) is 0 Å². The first-order valence-corrected chi connectivity index (χ1v) is 11.3. The van der Waals surface area contributed by atoms with Crippen LogP contribution in [0.4, 0.5) is 13.2 Å². The summed E-state index contributed by atoms with van der Waals surface area (Å²) in [5.41, 5.74) is 0.0766. The van der Waals surface area contributed by atoms with Gasteiger partial charge in [-0.3, -0.25) is 14.3 Å². The van der Waals surface area contributed by atoms with E-state index in [2.05, 4.69) is 30.7 Å². The van der Waals surface area contributed by atoms with Gasteiger partial charge in [-0.15, -0.1) is 11.3 Å². The van der Waals surface area contributed by atoms with Gasteiger partial charge < -0.3 is 10.6 Å². The Balaban J connectivity index is 1.36. The molecular weight excluding hydrogens is 483 g/mol. The van der Waals surface area contributed by atoms with Gasteiger partial charge in [0.2, 0.25) is 0 Å². The number of nitrogens with zero attached hydrogens (tertiary/aromatic N) is 5. The third-order valence-corrected chi connectivity index (χ3v) is 6.39. The first-order valence-electron chi connectivity index (χ1n) is 10.5. The van der Waals surface area contributed by atoms with E-state index in [1.165, 1.54) is 41.6 Å².